The van der Waals surface area contributed by atoms with Gasteiger partial charge >= 0.3 is 0 Å². The third-order valence-corrected chi connectivity index (χ3v) is 6.33. The van der Waals surface area contributed by atoms with Crippen LogP contribution in [0.5, 0.6) is 11.5 Å². The zero-order valence-electron chi connectivity index (χ0n) is 16.5. The van der Waals surface area contributed by atoms with Crippen molar-refractivity contribution in [3.05, 3.63) is 83.7 Å². The van der Waals surface area contributed by atoms with E-state index in [4.69, 9.17) is 4.74 Å². The van der Waals surface area contributed by atoms with E-state index < -0.39 is 15.8 Å². The minimum absolute atomic E-state index is 0.00207. The van der Waals surface area contributed by atoms with Gasteiger partial charge in [-0.15, -0.1) is 0 Å². The lowest BCUT2D eigenvalue weighted by Crippen LogP contribution is -2.13. The predicted octanol–water partition coefficient (Wildman–Crippen LogP) is 3.78. The molecule has 3 N–H and O–H groups in total. The highest BCUT2D eigenvalue weighted by Crippen LogP contribution is 2.27. The average molecular weight is 441 g/mol. The van der Waals surface area contributed by atoms with Gasteiger partial charge in [0.15, 0.2) is 11.6 Å². The molecule has 9 heteroatoms. The van der Waals surface area contributed by atoms with Gasteiger partial charge in [0.2, 0.25) is 0 Å². The minimum atomic E-state index is -3.90. The van der Waals surface area contributed by atoms with Crippen LogP contribution in [0.1, 0.15) is 23.6 Å². The van der Waals surface area contributed by atoms with E-state index in [9.17, 15) is 17.9 Å². The quantitative estimate of drug-likeness (QED) is 0.541. The fraction of sp³-hybridized carbons (Fsp3) is 0.136. The van der Waals surface area contributed by atoms with Crippen LogP contribution in [-0.4, -0.2) is 26.3 Å². The maximum atomic E-state index is 13.6. The number of methoxy groups -OCH3 is 1. The molecule has 0 aliphatic carbocycles. The van der Waals surface area contributed by atoms with E-state index in [0.717, 1.165) is 29.0 Å². The van der Waals surface area contributed by atoms with Crippen LogP contribution >= 0.6 is 0 Å². The molecule has 0 bridgehead atoms. The number of sulfonamides is 1. The molecule has 0 saturated carbocycles. The Morgan fingerprint density at radius 1 is 1.10 bits per heavy atom. The fourth-order valence-electron chi connectivity index (χ4n) is 3.27. The highest BCUT2D eigenvalue weighted by molar-refractivity contribution is 7.92. The zero-order valence-corrected chi connectivity index (χ0v) is 17.4. The maximum absolute atomic E-state index is 13.6. The van der Waals surface area contributed by atoms with Crippen molar-refractivity contribution in [2.24, 2.45) is 5.10 Å². The van der Waals surface area contributed by atoms with Crippen LogP contribution in [0.3, 0.4) is 0 Å². The number of halogens is 1. The molecule has 1 atom stereocenters. The number of hydrazone groups is 1. The largest absolute Gasteiger partial charge is 0.508 e. The molecule has 1 unspecified atom stereocenters. The summed E-state index contributed by atoms with van der Waals surface area (Å²) in [7, 11) is -2.63. The van der Waals surface area contributed by atoms with Crippen LogP contribution in [0, 0.1) is 5.82 Å². The molecule has 0 fully saturated rings. The first kappa shape index (κ1) is 20.7. The second kappa shape index (κ2) is 8.27. The highest BCUT2D eigenvalue weighted by atomic mass is 32.2. The van der Waals surface area contributed by atoms with E-state index in [0.29, 0.717) is 12.1 Å². The van der Waals surface area contributed by atoms with Crippen LogP contribution in [0.25, 0.3) is 0 Å². The highest BCUT2D eigenvalue weighted by Gasteiger charge is 2.22. The van der Waals surface area contributed by atoms with Crippen LogP contribution in [-0.2, 0) is 10.0 Å². The first-order chi connectivity index (χ1) is 14.9. The van der Waals surface area contributed by atoms with Crippen molar-refractivity contribution in [3.8, 4) is 11.5 Å². The Hall–Kier alpha value is -3.59. The summed E-state index contributed by atoms with van der Waals surface area (Å²) in [6.45, 7) is 0. The topological polar surface area (TPSA) is 100 Å². The Morgan fingerprint density at radius 3 is 2.48 bits per heavy atom. The number of ether oxygens (including phenoxy) is 1. The van der Waals surface area contributed by atoms with Crippen molar-refractivity contribution < 1.29 is 22.7 Å². The summed E-state index contributed by atoms with van der Waals surface area (Å²) in [5.74, 6) is -0.574. The standard InChI is InChI=1S/C22H20FN3O4S/c1-30-22-12-18(10-11-19(22)23)31(28,29)26-16-6-2-14(3-7-16)20-13-21(25-24-20)15-4-8-17(27)9-5-15/h2-12,21,25-27H,13H2,1H3. The lowest BCUT2D eigenvalue weighted by Gasteiger charge is -2.11. The van der Waals surface area contributed by atoms with Gasteiger partial charge in [-0.05, 0) is 47.5 Å². The molecule has 1 aliphatic rings. The van der Waals surface area contributed by atoms with E-state index in [1.807, 2.05) is 12.1 Å². The molecular weight excluding hydrogens is 421 g/mol. The number of hydrogen-bond acceptors (Lipinski definition) is 6. The van der Waals surface area contributed by atoms with Gasteiger partial charge in [-0.1, -0.05) is 24.3 Å². The number of hydrogen-bond donors (Lipinski definition) is 3. The number of rotatable bonds is 6. The number of phenols is 1. The molecule has 31 heavy (non-hydrogen) atoms. The van der Waals surface area contributed by atoms with Gasteiger partial charge in [0.05, 0.1) is 23.8 Å². The molecule has 0 aromatic heterocycles. The van der Waals surface area contributed by atoms with Gasteiger partial charge in [-0.3, -0.25) is 4.72 Å². The van der Waals surface area contributed by atoms with Crippen molar-refractivity contribution >= 4 is 21.4 Å². The lowest BCUT2D eigenvalue weighted by molar-refractivity contribution is 0.385. The van der Waals surface area contributed by atoms with Gasteiger partial charge in [-0.25, -0.2) is 12.8 Å². The molecule has 4 rings (SSSR count). The van der Waals surface area contributed by atoms with Crippen molar-refractivity contribution in [3.63, 3.8) is 0 Å². The summed E-state index contributed by atoms with van der Waals surface area (Å²) >= 11 is 0. The third kappa shape index (κ3) is 4.46. The summed E-state index contributed by atoms with van der Waals surface area (Å²) < 4.78 is 46.1. The molecule has 3 aromatic rings. The number of benzene rings is 3. The monoisotopic (exact) mass is 441 g/mol. The summed E-state index contributed by atoms with van der Waals surface area (Å²) in [5, 5.41) is 13.8. The van der Waals surface area contributed by atoms with Crippen molar-refractivity contribution in [1.29, 1.82) is 0 Å². The predicted molar refractivity (Wildman–Crippen MR) is 115 cm³/mol. The minimum Gasteiger partial charge on any atom is -0.508 e. The summed E-state index contributed by atoms with van der Waals surface area (Å²) in [5.41, 5.74) is 6.17. The van der Waals surface area contributed by atoms with Crippen molar-refractivity contribution in [2.45, 2.75) is 17.4 Å². The molecule has 0 amide bonds. The fourth-order valence-corrected chi connectivity index (χ4v) is 4.35. The Balaban J connectivity index is 1.45. The second-order valence-electron chi connectivity index (χ2n) is 7.02. The lowest BCUT2D eigenvalue weighted by atomic mass is 9.99. The summed E-state index contributed by atoms with van der Waals surface area (Å²) in [4.78, 5) is -0.101. The normalized spacial score (nSPS) is 15.8. The number of phenolic OH excluding ortho intramolecular Hbond substituents is 1. The Bertz CT molecular complexity index is 1230. The number of nitrogens with one attached hydrogen (secondary N) is 2. The average Bonchev–Trinajstić information content (AvgIpc) is 3.25. The molecule has 0 spiro atoms. The van der Waals surface area contributed by atoms with Crippen LogP contribution in [0.4, 0.5) is 10.1 Å². The van der Waals surface area contributed by atoms with Crippen LogP contribution < -0.4 is 14.9 Å². The zero-order chi connectivity index (χ0) is 22.0. The van der Waals surface area contributed by atoms with Crippen molar-refractivity contribution in [1.82, 2.24) is 5.43 Å². The van der Waals surface area contributed by atoms with Gasteiger partial charge in [0.25, 0.3) is 10.0 Å². The van der Waals surface area contributed by atoms with Gasteiger partial charge in [0.1, 0.15) is 5.75 Å². The van der Waals surface area contributed by atoms with E-state index in [2.05, 4.69) is 15.2 Å². The number of aromatic hydroxyl groups is 1. The maximum Gasteiger partial charge on any atom is 0.262 e. The SMILES string of the molecule is COc1cc(S(=O)(=O)Nc2ccc(C3=NNC(c4ccc(O)cc4)C3)cc2)ccc1F. The Labute approximate surface area is 179 Å². The molecule has 0 radical (unpaired) electrons. The molecular formula is C22H20FN3O4S. The van der Waals surface area contributed by atoms with Gasteiger partial charge in [-0.2, -0.15) is 5.10 Å². The molecule has 160 valence electrons. The van der Waals surface area contributed by atoms with Crippen molar-refractivity contribution in [2.75, 3.05) is 11.8 Å². The molecule has 3 aromatic carbocycles. The molecule has 7 nitrogen and oxygen atoms in total. The van der Waals surface area contributed by atoms with E-state index >= 15 is 0 Å². The smallest absolute Gasteiger partial charge is 0.262 e. The van der Waals surface area contributed by atoms with Crippen LogP contribution in [0.15, 0.2) is 76.7 Å². The summed E-state index contributed by atoms with van der Waals surface area (Å²) in [6.07, 6.45) is 0.658. The Morgan fingerprint density at radius 2 is 1.81 bits per heavy atom. The first-order valence-electron chi connectivity index (χ1n) is 9.43. The van der Waals surface area contributed by atoms with Gasteiger partial charge < -0.3 is 15.3 Å². The number of anilines is 1. The Kier molecular flexibility index (Phi) is 5.51. The summed E-state index contributed by atoms with van der Waals surface area (Å²) in [6, 6.07) is 17.2. The van der Waals surface area contributed by atoms with Gasteiger partial charge in [0, 0.05) is 18.2 Å². The first-order valence-corrected chi connectivity index (χ1v) is 10.9. The van der Waals surface area contributed by atoms with E-state index in [1.54, 1.807) is 36.4 Å². The van der Waals surface area contributed by atoms with Crippen LogP contribution in [0.2, 0.25) is 0 Å². The molecule has 1 aliphatic heterocycles. The van der Waals surface area contributed by atoms with E-state index in [-0.39, 0.29) is 22.4 Å². The second-order valence-corrected chi connectivity index (χ2v) is 8.70. The molecule has 0 saturated heterocycles. The number of nitrogens with zero attached hydrogens (tertiary/aromatic N) is 1. The molecule has 1 heterocycles. The third-order valence-electron chi connectivity index (χ3n) is 4.95. The van der Waals surface area contributed by atoms with E-state index in [1.165, 1.54) is 13.2 Å².